The van der Waals surface area contributed by atoms with E-state index in [-0.39, 0.29) is 11.8 Å². The molecule has 2 aromatic rings. The van der Waals surface area contributed by atoms with Crippen molar-refractivity contribution in [2.75, 3.05) is 11.4 Å². The number of anilines is 1. The second-order valence-corrected chi connectivity index (χ2v) is 6.32. The van der Waals surface area contributed by atoms with E-state index in [2.05, 4.69) is 5.32 Å². The van der Waals surface area contributed by atoms with Crippen molar-refractivity contribution in [1.29, 1.82) is 0 Å². The van der Waals surface area contributed by atoms with Gasteiger partial charge < -0.3 is 10.2 Å². The number of hydrogen-bond donors (Lipinski definition) is 1. The smallest absolute Gasteiger partial charge is 0.249 e. The fourth-order valence-electron chi connectivity index (χ4n) is 2.62. The third-order valence-electron chi connectivity index (χ3n) is 3.83. The molecule has 0 spiro atoms. The summed E-state index contributed by atoms with van der Waals surface area (Å²) in [5.41, 5.74) is 3.05. The summed E-state index contributed by atoms with van der Waals surface area (Å²) in [6.07, 6.45) is 0.986. The second kappa shape index (κ2) is 6.32. The lowest BCUT2D eigenvalue weighted by Gasteiger charge is -2.17. The van der Waals surface area contributed by atoms with Gasteiger partial charge in [0.15, 0.2) is 0 Å². The molecule has 1 fully saturated rings. The maximum atomic E-state index is 12.4. The van der Waals surface area contributed by atoms with Crippen LogP contribution in [0.1, 0.15) is 17.5 Å². The van der Waals surface area contributed by atoms with Crippen molar-refractivity contribution in [3.8, 4) is 0 Å². The van der Waals surface area contributed by atoms with E-state index in [0.717, 1.165) is 16.8 Å². The molecule has 0 bridgehead atoms. The first kappa shape index (κ1) is 14.8. The minimum Gasteiger partial charge on any atom is -0.344 e. The van der Waals surface area contributed by atoms with Crippen LogP contribution in [0.15, 0.2) is 41.1 Å². The molecule has 2 heterocycles. The second-order valence-electron chi connectivity index (χ2n) is 5.54. The van der Waals surface area contributed by atoms with Gasteiger partial charge in [0.05, 0.1) is 6.42 Å². The van der Waals surface area contributed by atoms with Crippen LogP contribution in [0, 0.1) is 6.92 Å². The Morgan fingerprint density at radius 2 is 2.09 bits per heavy atom. The van der Waals surface area contributed by atoms with Gasteiger partial charge in [0.2, 0.25) is 11.8 Å². The van der Waals surface area contributed by atoms with Crippen LogP contribution in [0.3, 0.4) is 0 Å². The molecule has 1 aromatic heterocycles. The van der Waals surface area contributed by atoms with Gasteiger partial charge in [0.1, 0.15) is 6.04 Å². The molecule has 1 saturated heterocycles. The Morgan fingerprint density at radius 3 is 2.77 bits per heavy atom. The summed E-state index contributed by atoms with van der Waals surface area (Å²) in [6.45, 7) is 2.66. The van der Waals surface area contributed by atoms with Crippen LogP contribution in [-0.2, 0) is 16.0 Å². The number of benzene rings is 1. The van der Waals surface area contributed by atoms with Crippen molar-refractivity contribution in [2.45, 2.75) is 25.8 Å². The molecule has 0 aliphatic carbocycles. The Hall–Kier alpha value is -2.14. The Kier molecular flexibility index (Phi) is 4.24. The standard InChI is InChI=1S/C17H18N2O2S/c1-12-2-4-14(5-3-12)19-8-6-15(17(19)21)18-16(20)10-13-7-9-22-11-13/h2-5,7,9,11,15H,6,8,10H2,1H3,(H,18,20). The normalized spacial score (nSPS) is 17.8. The molecule has 1 aromatic carbocycles. The number of rotatable bonds is 4. The van der Waals surface area contributed by atoms with Crippen LogP contribution in [0.5, 0.6) is 0 Å². The number of hydrogen-bond acceptors (Lipinski definition) is 3. The Morgan fingerprint density at radius 1 is 1.32 bits per heavy atom. The van der Waals surface area contributed by atoms with Crippen molar-refractivity contribution < 1.29 is 9.59 Å². The lowest BCUT2D eigenvalue weighted by molar-refractivity contribution is -0.126. The van der Waals surface area contributed by atoms with Gasteiger partial charge >= 0.3 is 0 Å². The number of aryl methyl sites for hydroxylation is 1. The van der Waals surface area contributed by atoms with Crippen molar-refractivity contribution in [2.24, 2.45) is 0 Å². The summed E-state index contributed by atoms with van der Waals surface area (Å²) in [5, 5.41) is 6.75. The first-order valence-electron chi connectivity index (χ1n) is 7.32. The average molecular weight is 314 g/mol. The van der Waals surface area contributed by atoms with E-state index in [0.29, 0.717) is 19.4 Å². The van der Waals surface area contributed by atoms with Crippen LogP contribution in [-0.4, -0.2) is 24.4 Å². The highest BCUT2D eigenvalue weighted by atomic mass is 32.1. The molecule has 0 radical (unpaired) electrons. The Balaban J connectivity index is 1.61. The van der Waals surface area contributed by atoms with E-state index in [1.807, 2.05) is 48.0 Å². The Labute approximate surface area is 133 Å². The van der Waals surface area contributed by atoms with Gasteiger partial charge in [-0.1, -0.05) is 17.7 Å². The molecule has 1 unspecified atom stereocenters. The van der Waals surface area contributed by atoms with E-state index in [4.69, 9.17) is 0 Å². The van der Waals surface area contributed by atoms with Gasteiger partial charge in [-0.05, 0) is 47.9 Å². The molecule has 3 rings (SSSR count). The fraction of sp³-hybridized carbons (Fsp3) is 0.294. The van der Waals surface area contributed by atoms with Gasteiger partial charge in [0.25, 0.3) is 0 Å². The predicted molar refractivity (Wildman–Crippen MR) is 88.1 cm³/mol. The van der Waals surface area contributed by atoms with Crippen molar-refractivity contribution in [1.82, 2.24) is 5.32 Å². The van der Waals surface area contributed by atoms with Gasteiger partial charge in [-0.25, -0.2) is 0 Å². The van der Waals surface area contributed by atoms with Gasteiger partial charge in [-0.3, -0.25) is 9.59 Å². The minimum atomic E-state index is -0.410. The molecule has 4 nitrogen and oxygen atoms in total. The number of carbonyl (C=O) groups excluding carboxylic acids is 2. The molecule has 22 heavy (non-hydrogen) atoms. The van der Waals surface area contributed by atoms with Gasteiger partial charge in [-0.2, -0.15) is 11.3 Å². The zero-order valence-electron chi connectivity index (χ0n) is 12.4. The first-order chi connectivity index (χ1) is 10.6. The van der Waals surface area contributed by atoms with E-state index in [1.165, 1.54) is 0 Å². The number of carbonyl (C=O) groups is 2. The highest BCUT2D eigenvalue weighted by Crippen LogP contribution is 2.22. The number of nitrogens with one attached hydrogen (secondary N) is 1. The average Bonchev–Trinajstić information content (AvgIpc) is 3.11. The highest BCUT2D eigenvalue weighted by Gasteiger charge is 2.33. The van der Waals surface area contributed by atoms with Gasteiger partial charge in [0, 0.05) is 12.2 Å². The third kappa shape index (κ3) is 3.20. The van der Waals surface area contributed by atoms with Crippen LogP contribution in [0.4, 0.5) is 5.69 Å². The van der Waals surface area contributed by atoms with E-state index >= 15 is 0 Å². The molecular formula is C17H18N2O2S. The molecular weight excluding hydrogens is 296 g/mol. The van der Waals surface area contributed by atoms with E-state index in [9.17, 15) is 9.59 Å². The topological polar surface area (TPSA) is 49.4 Å². The van der Waals surface area contributed by atoms with Crippen molar-refractivity contribution in [3.05, 3.63) is 52.2 Å². The summed E-state index contributed by atoms with van der Waals surface area (Å²) in [6, 6.07) is 9.40. The van der Waals surface area contributed by atoms with Crippen molar-refractivity contribution >= 4 is 28.8 Å². The Bertz CT molecular complexity index is 664. The zero-order valence-corrected chi connectivity index (χ0v) is 13.2. The molecule has 1 aliphatic heterocycles. The lowest BCUT2D eigenvalue weighted by Crippen LogP contribution is -2.42. The monoisotopic (exact) mass is 314 g/mol. The largest absolute Gasteiger partial charge is 0.344 e. The SMILES string of the molecule is Cc1ccc(N2CCC(NC(=O)Cc3ccsc3)C2=O)cc1. The number of amides is 2. The van der Waals surface area contributed by atoms with Crippen LogP contribution >= 0.6 is 11.3 Å². The zero-order chi connectivity index (χ0) is 15.5. The van der Waals surface area contributed by atoms with Crippen LogP contribution < -0.4 is 10.2 Å². The van der Waals surface area contributed by atoms with Gasteiger partial charge in [-0.15, -0.1) is 0 Å². The van der Waals surface area contributed by atoms with Crippen LogP contribution in [0.25, 0.3) is 0 Å². The summed E-state index contributed by atoms with van der Waals surface area (Å²) in [5.74, 6) is -0.120. The molecule has 2 amide bonds. The number of thiophene rings is 1. The molecule has 5 heteroatoms. The van der Waals surface area contributed by atoms with Crippen molar-refractivity contribution in [3.63, 3.8) is 0 Å². The predicted octanol–water partition coefficient (Wildman–Crippen LogP) is 2.52. The van der Waals surface area contributed by atoms with E-state index in [1.54, 1.807) is 16.2 Å². The molecule has 1 atom stereocenters. The first-order valence-corrected chi connectivity index (χ1v) is 8.26. The third-order valence-corrected chi connectivity index (χ3v) is 4.56. The summed E-state index contributed by atoms with van der Waals surface area (Å²) < 4.78 is 0. The molecule has 1 aliphatic rings. The quantitative estimate of drug-likeness (QED) is 0.943. The minimum absolute atomic E-state index is 0.0254. The fourth-order valence-corrected chi connectivity index (χ4v) is 3.29. The number of nitrogens with zero attached hydrogens (tertiary/aromatic N) is 1. The molecule has 114 valence electrons. The lowest BCUT2D eigenvalue weighted by atomic mass is 10.2. The molecule has 1 N–H and O–H groups in total. The summed E-state index contributed by atoms with van der Waals surface area (Å²) in [7, 11) is 0. The highest BCUT2D eigenvalue weighted by molar-refractivity contribution is 7.08. The summed E-state index contributed by atoms with van der Waals surface area (Å²) >= 11 is 1.57. The molecule has 0 saturated carbocycles. The van der Waals surface area contributed by atoms with Crippen LogP contribution in [0.2, 0.25) is 0 Å². The maximum Gasteiger partial charge on any atom is 0.249 e. The van der Waals surface area contributed by atoms with E-state index < -0.39 is 6.04 Å². The maximum absolute atomic E-state index is 12.4. The summed E-state index contributed by atoms with van der Waals surface area (Å²) in [4.78, 5) is 26.2.